The maximum absolute atomic E-state index is 12.3. The summed E-state index contributed by atoms with van der Waals surface area (Å²) < 4.78 is 1.64. The van der Waals surface area contributed by atoms with Crippen LogP contribution in [0.1, 0.15) is 44.2 Å². The van der Waals surface area contributed by atoms with Gasteiger partial charge in [-0.05, 0) is 32.6 Å². The predicted molar refractivity (Wildman–Crippen MR) is 73.0 cm³/mol. The molecule has 1 amide bonds. The number of hydrogen-bond acceptors (Lipinski definition) is 4. The van der Waals surface area contributed by atoms with E-state index in [1.807, 2.05) is 11.1 Å². The number of carbonyl (C=O) groups is 1. The van der Waals surface area contributed by atoms with Crippen molar-refractivity contribution in [3.05, 3.63) is 11.9 Å². The molecule has 1 saturated carbocycles. The fourth-order valence-electron chi connectivity index (χ4n) is 2.83. The molecular weight excluding hydrogens is 256 g/mol. The fourth-order valence-corrected chi connectivity index (χ4v) is 2.83. The van der Waals surface area contributed by atoms with Gasteiger partial charge in [0.25, 0.3) is 0 Å². The number of nitrogens with zero attached hydrogens (tertiary/aromatic N) is 4. The summed E-state index contributed by atoms with van der Waals surface area (Å²) in [4.78, 5) is 14.1. The molecule has 1 aliphatic heterocycles. The highest BCUT2D eigenvalue weighted by molar-refractivity contribution is 5.76. The Labute approximate surface area is 118 Å². The van der Waals surface area contributed by atoms with Crippen molar-refractivity contribution in [2.45, 2.75) is 51.2 Å². The quantitative estimate of drug-likeness (QED) is 0.883. The van der Waals surface area contributed by atoms with Crippen LogP contribution in [0.2, 0.25) is 0 Å². The standard InChI is InChI=1S/C14H22N4O2/c1-10(19)12-3-2-6-17(7-12)14(20)9-18-8-13(15-16-18)11-4-5-11/h8,10-12,19H,2-7,9H2,1H3. The van der Waals surface area contributed by atoms with Crippen molar-refractivity contribution >= 4 is 5.91 Å². The minimum Gasteiger partial charge on any atom is -0.393 e. The molecule has 2 aliphatic rings. The largest absolute Gasteiger partial charge is 0.393 e. The van der Waals surface area contributed by atoms with E-state index in [9.17, 15) is 9.90 Å². The van der Waals surface area contributed by atoms with Crippen LogP contribution in [0.3, 0.4) is 0 Å². The summed E-state index contributed by atoms with van der Waals surface area (Å²) in [6.07, 6.45) is 5.89. The molecule has 1 aromatic rings. The van der Waals surface area contributed by atoms with Crippen LogP contribution in [0.4, 0.5) is 0 Å². The minimum atomic E-state index is -0.349. The monoisotopic (exact) mass is 278 g/mol. The number of amides is 1. The highest BCUT2D eigenvalue weighted by Gasteiger charge is 2.28. The van der Waals surface area contributed by atoms with Gasteiger partial charge >= 0.3 is 0 Å². The maximum atomic E-state index is 12.3. The number of piperidine rings is 1. The summed E-state index contributed by atoms with van der Waals surface area (Å²) >= 11 is 0. The smallest absolute Gasteiger partial charge is 0.244 e. The third-order valence-electron chi connectivity index (χ3n) is 4.34. The zero-order valence-electron chi connectivity index (χ0n) is 11.9. The molecule has 1 N–H and O–H groups in total. The average molecular weight is 278 g/mol. The molecule has 0 spiro atoms. The van der Waals surface area contributed by atoms with Gasteiger partial charge in [0.15, 0.2) is 0 Å². The first-order valence-electron chi connectivity index (χ1n) is 7.49. The van der Waals surface area contributed by atoms with Crippen molar-refractivity contribution in [2.24, 2.45) is 5.92 Å². The summed E-state index contributed by atoms with van der Waals surface area (Å²) in [6.45, 7) is 3.50. The van der Waals surface area contributed by atoms with Gasteiger partial charge in [0.1, 0.15) is 6.54 Å². The van der Waals surface area contributed by atoms with E-state index in [1.165, 1.54) is 12.8 Å². The Bertz CT molecular complexity index is 481. The summed E-state index contributed by atoms with van der Waals surface area (Å²) in [5, 5.41) is 17.8. The molecule has 2 unspecified atom stereocenters. The van der Waals surface area contributed by atoms with Crippen LogP contribution in [0.5, 0.6) is 0 Å². The van der Waals surface area contributed by atoms with Crippen molar-refractivity contribution in [1.29, 1.82) is 0 Å². The first kappa shape index (κ1) is 13.5. The van der Waals surface area contributed by atoms with Crippen molar-refractivity contribution in [3.8, 4) is 0 Å². The summed E-state index contributed by atoms with van der Waals surface area (Å²) in [5.41, 5.74) is 1.01. The van der Waals surface area contributed by atoms with E-state index in [4.69, 9.17) is 0 Å². The van der Waals surface area contributed by atoms with Gasteiger partial charge in [0, 0.05) is 31.1 Å². The van der Waals surface area contributed by atoms with Gasteiger partial charge in [0.2, 0.25) is 5.91 Å². The van der Waals surface area contributed by atoms with Gasteiger partial charge in [0.05, 0.1) is 11.8 Å². The Morgan fingerprint density at radius 2 is 2.30 bits per heavy atom. The summed E-state index contributed by atoms with van der Waals surface area (Å²) in [7, 11) is 0. The molecule has 6 nitrogen and oxygen atoms in total. The summed E-state index contributed by atoms with van der Waals surface area (Å²) in [6, 6.07) is 0. The van der Waals surface area contributed by atoms with Crippen molar-refractivity contribution in [2.75, 3.05) is 13.1 Å². The molecular formula is C14H22N4O2. The van der Waals surface area contributed by atoms with Crippen LogP contribution in [0.15, 0.2) is 6.20 Å². The number of aliphatic hydroxyl groups is 1. The van der Waals surface area contributed by atoms with Gasteiger partial charge in [-0.25, -0.2) is 4.68 Å². The molecule has 1 saturated heterocycles. The maximum Gasteiger partial charge on any atom is 0.244 e. The molecule has 0 aromatic carbocycles. The van der Waals surface area contributed by atoms with Gasteiger partial charge in [-0.15, -0.1) is 5.10 Å². The molecule has 2 fully saturated rings. The Hall–Kier alpha value is -1.43. The highest BCUT2D eigenvalue weighted by Crippen LogP contribution is 2.38. The molecule has 0 bridgehead atoms. The lowest BCUT2D eigenvalue weighted by molar-refractivity contribution is -0.134. The van der Waals surface area contributed by atoms with E-state index in [2.05, 4.69) is 10.3 Å². The molecule has 20 heavy (non-hydrogen) atoms. The second-order valence-corrected chi connectivity index (χ2v) is 6.10. The number of aliphatic hydroxyl groups excluding tert-OH is 1. The fraction of sp³-hybridized carbons (Fsp3) is 0.786. The number of hydrogen-bond donors (Lipinski definition) is 1. The number of carbonyl (C=O) groups excluding carboxylic acids is 1. The Kier molecular flexibility index (Phi) is 3.74. The molecule has 2 heterocycles. The van der Waals surface area contributed by atoms with Crippen LogP contribution in [-0.2, 0) is 11.3 Å². The zero-order valence-corrected chi connectivity index (χ0v) is 11.9. The molecule has 0 radical (unpaired) electrons. The van der Waals surface area contributed by atoms with Gasteiger partial charge in [-0.2, -0.15) is 0 Å². The number of aromatic nitrogens is 3. The molecule has 2 atom stereocenters. The van der Waals surface area contributed by atoms with Gasteiger partial charge in [-0.1, -0.05) is 5.21 Å². The Morgan fingerprint density at radius 3 is 3.00 bits per heavy atom. The molecule has 1 aromatic heterocycles. The van der Waals surface area contributed by atoms with Crippen LogP contribution in [0.25, 0.3) is 0 Å². The third-order valence-corrected chi connectivity index (χ3v) is 4.34. The van der Waals surface area contributed by atoms with Crippen molar-refractivity contribution in [1.82, 2.24) is 19.9 Å². The van der Waals surface area contributed by atoms with Crippen LogP contribution >= 0.6 is 0 Å². The van der Waals surface area contributed by atoms with Crippen LogP contribution in [0, 0.1) is 5.92 Å². The highest BCUT2D eigenvalue weighted by atomic mass is 16.3. The lowest BCUT2D eigenvalue weighted by atomic mass is 9.93. The molecule has 3 rings (SSSR count). The van der Waals surface area contributed by atoms with Crippen molar-refractivity contribution < 1.29 is 9.90 Å². The normalized spacial score (nSPS) is 24.7. The minimum absolute atomic E-state index is 0.0718. The number of rotatable bonds is 4. The second kappa shape index (κ2) is 5.52. The molecule has 6 heteroatoms. The molecule has 110 valence electrons. The topological polar surface area (TPSA) is 71.2 Å². The van der Waals surface area contributed by atoms with E-state index >= 15 is 0 Å². The zero-order chi connectivity index (χ0) is 14.1. The van der Waals surface area contributed by atoms with Gasteiger partial charge in [-0.3, -0.25) is 4.79 Å². The van der Waals surface area contributed by atoms with Crippen LogP contribution < -0.4 is 0 Å². The number of likely N-dealkylation sites (tertiary alicyclic amines) is 1. The van der Waals surface area contributed by atoms with Crippen molar-refractivity contribution in [3.63, 3.8) is 0 Å². The first-order valence-corrected chi connectivity index (χ1v) is 7.49. The van der Waals surface area contributed by atoms with Crippen LogP contribution in [-0.4, -0.2) is 50.1 Å². The Balaban J connectivity index is 1.57. The van der Waals surface area contributed by atoms with E-state index < -0.39 is 0 Å². The lowest BCUT2D eigenvalue weighted by Crippen LogP contribution is -2.44. The second-order valence-electron chi connectivity index (χ2n) is 6.10. The molecule has 1 aliphatic carbocycles. The average Bonchev–Trinajstić information content (AvgIpc) is 3.20. The predicted octanol–water partition coefficient (Wildman–Crippen LogP) is 0.775. The summed E-state index contributed by atoms with van der Waals surface area (Å²) in [5.74, 6) is 0.835. The van der Waals surface area contributed by atoms with Gasteiger partial charge < -0.3 is 10.0 Å². The van der Waals surface area contributed by atoms with E-state index in [-0.39, 0.29) is 24.5 Å². The van der Waals surface area contributed by atoms with E-state index in [0.717, 1.165) is 25.1 Å². The van der Waals surface area contributed by atoms with E-state index in [1.54, 1.807) is 11.6 Å². The Morgan fingerprint density at radius 1 is 1.50 bits per heavy atom. The third kappa shape index (κ3) is 3.00. The SMILES string of the molecule is CC(O)C1CCCN(C(=O)Cn2cc(C3CC3)nn2)C1. The first-order chi connectivity index (χ1) is 9.63. The van der Waals surface area contributed by atoms with E-state index in [0.29, 0.717) is 12.5 Å². The lowest BCUT2D eigenvalue weighted by Gasteiger charge is -2.34.